The van der Waals surface area contributed by atoms with Crippen LogP contribution in [0.2, 0.25) is 0 Å². The molecular formula is C22H23N5O2S. The molecule has 0 radical (unpaired) electrons. The number of rotatable bonds is 4. The molecule has 7 nitrogen and oxygen atoms in total. The number of aromatic nitrogens is 4. The predicted molar refractivity (Wildman–Crippen MR) is 116 cm³/mol. The van der Waals surface area contributed by atoms with Gasteiger partial charge < -0.3 is 9.64 Å². The molecule has 8 heteroatoms. The average molecular weight is 422 g/mol. The second-order valence-corrected chi connectivity index (χ2v) is 8.52. The number of hydrogen-bond donors (Lipinski definition) is 0. The number of amides is 1. The molecule has 1 aromatic carbocycles. The van der Waals surface area contributed by atoms with Gasteiger partial charge in [-0.05, 0) is 37.6 Å². The molecule has 1 aliphatic heterocycles. The molecule has 1 saturated heterocycles. The second-order valence-electron chi connectivity index (χ2n) is 7.49. The molecule has 0 bridgehead atoms. The van der Waals surface area contributed by atoms with Crippen molar-refractivity contribution in [1.82, 2.24) is 24.5 Å². The van der Waals surface area contributed by atoms with Gasteiger partial charge in [0, 0.05) is 37.5 Å². The molecule has 4 heterocycles. The number of nitrogens with zero attached hydrogens (tertiary/aromatic N) is 5. The fourth-order valence-electron chi connectivity index (χ4n) is 3.86. The topological polar surface area (TPSA) is 65.2 Å². The molecular weight excluding hydrogens is 398 g/mol. The van der Waals surface area contributed by atoms with Crippen LogP contribution in [0.5, 0.6) is 0 Å². The van der Waals surface area contributed by atoms with Crippen LogP contribution in [-0.2, 0) is 11.3 Å². The molecule has 3 aromatic heterocycles. The largest absolute Gasteiger partial charge is 0.374 e. The van der Waals surface area contributed by atoms with Crippen molar-refractivity contribution in [2.75, 3.05) is 19.7 Å². The smallest absolute Gasteiger partial charge is 0.264 e. The fraction of sp³-hybridized carbons (Fsp3) is 0.318. The van der Waals surface area contributed by atoms with E-state index in [1.165, 1.54) is 11.3 Å². The number of carbonyl (C=O) groups is 1. The van der Waals surface area contributed by atoms with E-state index in [2.05, 4.69) is 10.2 Å². The monoisotopic (exact) mass is 421 g/mol. The van der Waals surface area contributed by atoms with Gasteiger partial charge in [0.1, 0.15) is 4.83 Å². The Kier molecular flexibility index (Phi) is 5.10. The highest BCUT2D eigenvalue weighted by molar-refractivity contribution is 7.20. The van der Waals surface area contributed by atoms with E-state index in [0.29, 0.717) is 26.2 Å². The normalized spacial score (nSPS) is 17.4. The zero-order valence-electron chi connectivity index (χ0n) is 16.8. The second kappa shape index (κ2) is 8.04. The summed E-state index contributed by atoms with van der Waals surface area (Å²) in [5, 5.41) is 9.97. The molecule has 1 unspecified atom stereocenters. The number of para-hydroxylation sites is 1. The molecule has 5 rings (SSSR count). The third-order valence-corrected chi connectivity index (χ3v) is 6.44. The summed E-state index contributed by atoms with van der Waals surface area (Å²) in [5.41, 5.74) is 1.93. The van der Waals surface area contributed by atoms with E-state index in [4.69, 9.17) is 4.74 Å². The van der Waals surface area contributed by atoms with Crippen LogP contribution in [0.3, 0.4) is 0 Å². The van der Waals surface area contributed by atoms with Crippen molar-refractivity contribution in [3.05, 3.63) is 65.4 Å². The van der Waals surface area contributed by atoms with E-state index in [9.17, 15) is 4.79 Å². The lowest BCUT2D eigenvalue weighted by Gasteiger charge is -2.23. The van der Waals surface area contributed by atoms with Crippen LogP contribution in [0.15, 0.2) is 54.9 Å². The molecule has 0 N–H and O–H groups in total. The van der Waals surface area contributed by atoms with Gasteiger partial charge in [-0.2, -0.15) is 10.2 Å². The van der Waals surface area contributed by atoms with E-state index < -0.39 is 0 Å². The molecule has 0 spiro atoms. The highest BCUT2D eigenvalue weighted by Crippen LogP contribution is 2.31. The minimum absolute atomic E-state index is 0.0613. The number of hydrogen-bond acceptors (Lipinski definition) is 5. The lowest BCUT2D eigenvalue weighted by atomic mass is 10.2. The Morgan fingerprint density at radius 2 is 2.13 bits per heavy atom. The number of ether oxygens (including phenoxy) is 1. The lowest BCUT2D eigenvalue weighted by Crippen LogP contribution is -2.38. The van der Waals surface area contributed by atoms with Crippen molar-refractivity contribution in [2.45, 2.75) is 26.0 Å². The van der Waals surface area contributed by atoms with Crippen molar-refractivity contribution >= 4 is 27.5 Å². The number of benzene rings is 1. The summed E-state index contributed by atoms with van der Waals surface area (Å²) in [5.74, 6) is 0.0613. The Bertz CT molecular complexity index is 1150. The Morgan fingerprint density at radius 1 is 1.27 bits per heavy atom. The van der Waals surface area contributed by atoms with Crippen LogP contribution < -0.4 is 0 Å². The van der Waals surface area contributed by atoms with Crippen LogP contribution in [0, 0.1) is 6.92 Å². The van der Waals surface area contributed by atoms with Gasteiger partial charge in [0.05, 0.1) is 28.9 Å². The fourth-order valence-corrected chi connectivity index (χ4v) is 5.01. The van der Waals surface area contributed by atoms with Gasteiger partial charge in [-0.25, -0.2) is 4.68 Å². The van der Waals surface area contributed by atoms with Gasteiger partial charge in [-0.15, -0.1) is 11.3 Å². The number of fused-ring (bicyclic) bond motifs is 1. The van der Waals surface area contributed by atoms with Gasteiger partial charge in [-0.3, -0.25) is 9.48 Å². The van der Waals surface area contributed by atoms with E-state index in [1.54, 1.807) is 6.20 Å². The van der Waals surface area contributed by atoms with E-state index in [1.807, 2.05) is 69.8 Å². The molecule has 1 atom stereocenters. The van der Waals surface area contributed by atoms with Gasteiger partial charge >= 0.3 is 0 Å². The number of aryl methyl sites for hydroxylation is 1. The summed E-state index contributed by atoms with van der Waals surface area (Å²) in [6.07, 6.45) is 4.45. The SMILES string of the molecule is Cc1nn(-c2ccccc2)c2sc(C(=O)N3CCCOC(Cn4cccn4)C3)cc12. The van der Waals surface area contributed by atoms with Crippen molar-refractivity contribution in [2.24, 2.45) is 0 Å². The highest BCUT2D eigenvalue weighted by Gasteiger charge is 2.26. The first-order valence-corrected chi connectivity index (χ1v) is 10.9. The summed E-state index contributed by atoms with van der Waals surface area (Å²) in [7, 11) is 0. The maximum Gasteiger partial charge on any atom is 0.264 e. The minimum atomic E-state index is -0.0627. The summed E-state index contributed by atoms with van der Waals surface area (Å²) in [6, 6.07) is 13.9. The summed E-state index contributed by atoms with van der Waals surface area (Å²) in [6.45, 7) is 4.56. The van der Waals surface area contributed by atoms with Crippen molar-refractivity contribution in [3.63, 3.8) is 0 Å². The first-order chi connectivity index (χ1) is 14.7. The molecule has 30 heavy (non-hydrogen) atoms. The van der Waals surface area contributed by atoms with E-state index >= 15 is 0 Å². The first-order valence-electron chi connectivity index (χ1n) is 10.1. The third kappa shape index (κ3) is 3.64. The molecule has 1 fully saturated rings. The van der Waals surface area contributed by atoms with Crippen LogP contribution in [0.4, 0.5) is 0 Å². The molecule has 4 aromatic rings. The first kappa shape index (κ1) is 19.0. The molecule has 154 valence electrons. The number of thiophene rings is 1. The van der Waals surface area contributed by atoms with Crippen LogP contribution in [0.1, 0.15) is 21.8 Å². The quantitative estimate of drug-likeness (QED) is 0.506. The summed E-state index contributed by atoms with van der Waals surface area (Å²) < 4.78 is 9.75. The Morgan fingerprint density at radius 3 is 2.93 bits per heavy atom. The predicted octanol–water partition coefficient (Wildman–Crippen LogP) is 3.52. The van der Waals surface area contributed by atoms with Crippen molar-refractivity contribution in [3.8, 4) is 5.69 Å². The van der Waals surface area contributed by atoms with E-state index in [-0.39, 0.29) is 12.0 Å². The van der Waals surface area contributed by atoms with Gasteiger partial charge in [0.15, 0.2) is 0 Å². The zero-order chi connectivity index (χ0) is 20.5. The molecule has 0 aliphatic carbocycles. The summed E-state index contributed by atoms with van der Waals surface area (Å²) >= 11 is 1.51. The minimum Gasteiger partial charge on any atom is -0.374 e. The summed E-state index contributed by atoms with van der Waals surface area (Å²) in [4.78, 5) is 17.0. The van der Waals surface area contributed by atoms with E-state index in [0.717, 1.165) is 32.9 Å². The third-order valence-electron chi connectivity index (χ3n) is 5.34. The molecule has 1 amide bonds. The Labute approximate surface area is 178 Å². The van der Waals surface area contributed by atoms with Crippen LogP contribution >= 0.6 is 11.3 Å². The van der Waals surface area contributed by atoms with Crippen LogP contribution in [0.25, 0.3) is 15.9 Å². The Balaban J connectivity index is 1.41. The molecule has 0 saturated carbocycles. The average Bonchev–Trinajstić information content (AvgIpc) is 3.45. The Hall–Kier alpha value is -2.97. The van der Waals surface area contributed by atoms with Gasteiger partial charge in [0.25, 0.3) is 5.91 Å². The van der Waals surface area contributed by atoms with Crippen LogP contribution in [-0.4, -0.2) is 56.2 Å². The van der Waals surface area contributed by atoms with Gasteiger partial charge in [-0.1, -0.05) is 18.2 Å². The zero-order valence-corrected chi connectivity index (χ0v) is 17.6. The highest BCUT2D eigenvalue weighted by atomic mass is 32.1. The maximum atomic E-state index is 13.4. The number of carbonyl (C=O) groups excluding carboxylic acids is 1. The molecule has 1 aliphatic rings. The van der Waals surface area contributed by atoms with Gasteiger partial charge in [0.2, 0.25) is 0 Å². The van der Waals surface area contributed by atoms with Crippen molar-refractivity contribution < 1.29 is 9.53 Å². The van der Waals surface area contributed by atoms with Crippen molar-refractivity contribution in [1.29, 1.82) is 0 Å². The standard InChI is InChI=1S/C22H23N5O2S/c1-16-19-13-20(30-22(19)27(24-16)17-7-3-2-4-8-17)21(28)25-10-6-12-29-18(14-25)15-26-11-5-9-23-26/h2-5,7-9,11,13,18H,6,10,12,14-15H2,1H3. The maximum absolute atomic E-state index is 13.4. The lowest BCUT2D eigenvalue weighted by molar-refractivity contribution is 0.0369.